The van der Waals surface area contributed by atoms with Crippen LogP contribution in [0, 0.1) is 13.8 Å². The Labute approximate surface area is 107 Å². The lowest BCUT2D eigenvalue weighted by Crippen LogP contribution is -2.15. The normalized spacial score (nSPS) is 12.2. The fourth-order valence-corrected chi connectivity index (χ4v) is 1.98. The van der Waals surface area contributed by atoms with Gasteiger partial charge in [-0.1, -0.05) is 18.2 Å². The van der Waals surface area contributed by atoms with E-state index in [1.165, 1.54) is 0 Å². The van der Waals surface area contributed by atoms with E-state index in [4.69, 9.17) is 10.5 Å². The second-order valence-electron chi connectivity index (χ2n) is 4.25. The molecular weight excluding hydrogens is 226 g/mol. The second kappa shape index (κ2) is 5.14. The molecule has 1 heterocycles. The van der Waals surface area contributed by atoms with Crippen LogP contribution < -0.4 is 10.5 Å². The van der Waals surface area contributed by atoms with Gasteiger partial charge in [0.25, 0.3) is 0 Å². The maximum Gasteiger partial charge on any atom is 0.123 e. The number of nitrogens with two attached hydrogens (primary N) is 1. The minimum Gasteiger partial charge on any atom is -0.496 e. The fraction of sp³-hybridized carbons (Fsp3) is 0.286. The third-order valence-electron chi connectivity index (χ3n) is 2.95. The molecule has 1 aromatic heterocycles. The van der Waals surface area contributed by atoms with Gasteiger partial charge in [0.15, 0.2) is 0 Å². The second-order valence-corrected chi connectivity index (χ2v) is 4.25. The molecule has 0 radical (unpaired) electrons. The summed E-state index contributed by atoms with van der Waals surface area (Å²) in [6.45, 7) is 3.82. The van der Waals surface area contributed by atoms with E-state index >= 15 is 0 Å². The summed E-state index contributed by atoms with van der Waals surface area (Å²) in [6, 6.07) is 9.48. The Kier molecular flexibility index (Phi) is 3.58. The highest BCUT2D eigenvalue weighted by atomic mass is 16.5. The highest BCUT2D eigenvalue weighted by Crippen LogP contribution is 2.28. The van der Waals surface area contributed by atoms with Crippen LogP contribution in [-0.4, -0.2) is 17.3 Å². The number of aryl methyl sites for hydroxylation is 2. The lowest BCUT2D eigenvalue weighted by molar-refractivity contribution is 0.407. The van der Waals surface area contributed by atoms with Crippen LogP contribution in [0.1, 0.15) is 28.6 Å². The Morgan fingerprint density at radius 3 is 2.56 bits per heavy atom. The van der Waals surface area contributed by atoms with Gasteiger partial charge in [-0.3, -0.25) is 0 Å². The Morgan fingerprint density at radius 1 is 1.11 bits per heavy atom. The van der Waals surface area contributed by atoms with Crippen LogP contribution in [0.5, 0.6) is 5.75 Å². The Balaban J connectivity index is 2.47. The van der Waals surface area contributed by atoms with Crippen LogP contribution in [0.2, 0.25) is 0 Å². The van der Waals surface area contributed by atoms with Crippen molar-refractivity contribution in [3.8, 4) is 5.75 Å². The number of para-hydroxylation sites is 1. The summed E-state index contributed by atoms with van der Waals surface area (Å²) in [4.78, 5) is 0. The van der Waals surface area contributed by atoms with Crippen LogP contribution >= 0.6 is 0 Å². The third-order valence-corrected chi connectivity index (χ3v) is 2.95. The van der Waals surface area contributed by atoms with Crippen molar-refractivity contribution < 1.29 is 4.74 Å². The summed E-state index contributed by atoms with van der Waals surface area (Å²) >= 11 is 0. The van der Waals surface area contributed by atoms with Gasteiger partial charge >= 0.3 is 0 Å². The largest absolute Gasteiger partial charge is 0.496 e. The lowest BCUT2D eigenvalue weighted by Gasteiger charge is -2.17. The van der Waals surface area contributed by atoms with Gasteiger partial charge in [0.05, 0.1) is 24.5 Å². The number of hydrogen-bond donors (Lipinski definition) is 1. The van der Waals surface area contributed by atoms with Crippen molar-refractivity contribution in [3.63, 3.8) is 0 Å². The van der Waals surface area contributed by atoms with Gasteiger partial charge in [-0.05, 0) is 31.5 Å². The molecule has 2 aromatic rings. The first-order valence-corrected chi connectivity index (χ1v) is 5.82. The zero-order valence-corrected chi connectivity index (χ0v) is 10.8. The van der Waals surface area contributed by atoms with Crippen LogP contribution in [-0.2, 0) is 0 Å². The molecule has 2 N–H and O–H groups in total. The summed E-state index contributed by atoms with van der Waals surface area (Å²) < 4.78 is 5.34. The van der Waals surface area contributed by atoms with Gasteiger partial charge < -0.3 is 10.5 Å². The van der Waals surface area contributed by atoms with Crippen molar-refractivity contribution in [3.05, 3.63) is 52.8 Å². The number of aromatic nitrogens is 2. The van der Waals surface area contributed by atoms with Crippen LogP contribution in [0.3, 0.4) is 0 Å². The molecule has 0 saturated heterocycles. The number of hydrogen-bond acceptors (Lipinski definition) is 4. The Bertz CT molecular complexity index is 554. The number of ether oxygens (including phenoxy) is 1. The average Bonchev–Trinajstić information content (AvgIpc) is 2.40. The van der Waals surface area contributed by atoms with Gasteiger partial charge in [0, 0.05) is 5.56 Å². The molecule has 0 spiro atoms. The summed E-state index contributed by atoms with van der Waals surface area (Å²) in [5.41, 5.74) is 9.96. The van der Waals surface area contributed by atoms with Gasteiger partial charge in [-0.2, -0.15) is 10.2 Å². The quantitative estimate of drug-likeness (QED) is 0.897. The van der Waals surface area contributed by atoms with Crippen molar-refractivity contribution in [2.75, 3.05) is 7.11 Å². The van der Waals surface area contributed by atoms with E-state index in [1.54, 1.807) is 7.11 Å². The van der Waals surface area contributed by atoms with E-state index < -0.39 is 0 Å². The summed E-state index contributed by atoms with van der Waals surface area (Å²) in [5, 5.41) is 8.13. The van der Waals surface area contributed by atoms with Gasteiger partial charge in [-0.15, -0.1) is 0 Å². The summed E-state index contributed by atoms with van der Waals surface area (Å²) in [7, 11) is 1.65. The Morgan fingerprint density at radius 2 is 1.83 bits per heavy atom. The van der Waals surface area contributed by atoms with Crippen LogP contribution in [0.15, 0.2) is 30.3 Å². The van der Waals surface area contributed by atoms with E-state index in [2.05, 4.69) is 10.2 Å². The average molecular weight is 243 g/mol. The molecule has 4 nitrogen and oxygen atoms in total. The minimum absolute atomic E-state index is 0.254. The lowest BCUT2D eigenvalue weighted by atomic mass is 9.97. The van der Waals surface area contributed by atoms with E-state index in [0.29, 0.717) is 0 Å². The molecule has 0 aliphatic carbocycles. The molecule has 0 aliphatic rings. The van der Waals surface area contributed by atoms with Crippen LogP contribution in [0.25, 0.3) is 0 Å². The first kappa shape index (κ1) is 12.5. The first-order valence-electron chi connectivity index (χ1n) is 5.82. The monoisotopic (exact) mass is 243 g/mol. The number of benzene rings is 1. The molecule has 0 aliphatic heterocycles. The summed E-state index contributed by atoms with van der Waals surface area (Å²) in [6.07, 6.45) is 0. The van der Waals surface area contributed by atoms with Crippen molar-refractivity contribution >= 4 is 0 Å². The molecule has 18 heavy (non-hydrogen) atoms. The molecule has 0 amide bonds. The zero-order valence-electron chi connectivity index (χ0n) is 10.8. The molecule has 1 aromatic carbocycles. The summed E-state index contributed by atoms with van der Waals surface area (Å²) in [5.74, 6) is 0.791. The predicted molar refractivity (Wildman–Crippen MR) is 70.5 cm³/mol. The molecule has 2 rings (SSSR count). The zero-order chi connectivity index (χ0) is 13.1. The minimum atomic E-state index is -0.254. The van der Waals surface area contributed by atoms with Gasteiger partial charge in [0.1, 0.15) is 5.75 Å². The van der Waals surface area contributed by atoms with Gasteiger partial charge in [-0.25, -0.2) is 0 Å². The third kappa shape index (κ3) is 2.33. The van der Waals surface area contributed by atoms with Crippen LogP contribution in [0.4, 0.5) is 0 Å². The molecule has 0 saturated carbocycles. The number of rotatable bonds is 3. The SMILES string of the molecule is COc1ccccc1C(N)c1cc(C)nnc1C. The molecule has 0 bridgehead atoms. The Hall–Kier alpha value is -1.94. The molecule has 4 heteroatoms. The van der Waals surface area contributed by atoms with E-state index in [-0.39, 0.29) is 6.04 Å². The molecule has 0 fully saturated rings. The molecule has 1 atom stereocenters. The standard InChI is InChI=1S/C14H17N3O/c1-9-8-12(10(2)17-16-9)14(15)11-6-4-5-7-13(11)18-3/h4-8,14H,15H2,1-3H3. The molecule has 94 valence electrons. The molecular formula is C14H17N3O. The van der Waals surface area contributed by atoms with Crippen molar-refractivity contribution in [2.45, 2.75) is 19.9 Å². The van der Waals surface area contributed by atoms with E-state index in [0.717, 1.165) is 28.3 Å². The van der Waals surface area contributed by atoms with E-state index in [9.17, 15) is 0 Å². The molecule has 1 unspecified atom stereocenters. The first-order chi connectivity index (χ1) is 8.63. The van der Waals surface area contributed by atoms with E-state index in [1.807, 2.05) is 44.2 Å². The van der Waals surface area contributed by atoms with Crippen molar-refractivity contribution in [2.24, 2.45) is 5.73 Å². The number of nitrogens with zero attached hydrogens (tertiary/aromatic N) is 2. The van der Waals surface area contributed by atoms with Gasteiger partial charge in [0.2, 0.25) is 0 Å². The number of methoxy groups -OCH3 is 1. The smallest absolute Gasteiger partial charge is 0.123 e. The van der Waals surface area contributed by atoms with Crippen molar-refractivity contribution in [1.29, 1.82) is 0 Å². The van der Waals surface area contributed by atoms with Crippen molar-refractivity contribution in [1.82, 2.24) is 10.2 Å². The highest BCUT2D eigenvalue weighted by molar-refractivity contribution is 5.42. The predicted octanol–water partition coefficient (Wildman–Crippen LogP) is 2.15. The highest BCUT2D eigenvalue weighted by Gasteiger charge is 2.16. The fourth-order valence-electron chi connectivity index (χ4n) is 1.98. The topological polar surface area (TPSA) is 61.0 Å². The maximum absolute atomic E-state index is 6.31. The maximum atomic E-state index is 6.31.